The summed E-state index contributed by atoms with van der Waals surface area (Å²) in [5.41, 5.74) is 1.53. The van der Waals surface area contributed by atoms with Gasteiger partial charge in [0.15, 0.2) is 0 Å². The summed E-state index contributed by atoms with van der Waals surface area (Å²) < 4.78 is 37.6. The van der Waals surface area contributed by atoms with Crippen molar-refractivity contribution in [2.24, 2.45) is 0 Å². The maximum atomic E-state index is 12.5. The number of halogens is 4. The van der Waals surface area contributed by atoms with E-state index in [0.29, 0.717) is 10.7 Å². The van der Waals surface area contributed by atoms with Crippen molar-refractivity contribution in [2.75, 3.05) is 7.05 Å². The molecule has 1 aromatic heterocycles. The number of hydrogen-bond acceptors (Lipinski definition) is 2. The average molecular weight is 315 g/mol. The number of pyridine rings is 1. The Hall–Kier alpha value is -1.59. The minimum absolute atomic E-state index is 0.314. The Bertz CT molecular complexity index is 624. The van der Waals surface area contributed by atoms with Gasteiger partial charge in [0.2, 0.25) is 0 Å². The van der Waals surface area contributed by atoms with Gasteiger partial charge in [-0.25, -0.2) is 0 Å². The van der Waals surface area contributed by atoms with E-state index in [4.69, 9.17) is 11.6 Å². The molecule has 1 unspecified atom stereocenters. The summed E-state index contributed by atoms with van der Waals surface area (Å²) >= 11 is 6.09. The molecule has 0 aliphatic rings. The van der Waals surface area contributed by atoms with Crippen LogP contribution in [0.4, 0.5) is 13.2 Å². The van der Waals surface area contributed by atoms with E-state index < -0.39 is 11.7 Å². The summed E-state index contributed by atoms with van der Waals surface area (Å²) in [6.45, 7) is 1.89. The van der Waals surface area contributed by atoms with E-state index in [0.717, 1.165) is 23.4 Å². The van der Waals surface area contributed by atoms with Gasteiger partial charge < -0.3 is 5.32 Å². The summed E-state index contributed by atoms with van der Waals surface area (Å²) in [7, 11) is 1.72. The maximum absolute atomic E-state index is 12.5. The Morgan fingerprint density at radius 2 is 1.90 bits per heavy atom. The fourth-order valence-electron chi connectivity index (χ4n) is 2.02. The number of aromatic nitrogens is 1. The lowest BCUT2D eigenvalue weighted by atomic mass is 10.0. The van der Waals surface area contributed by atoms with Crippen LogP contribution >= 0.6 is 11.6 Å². The fraction of sp³-hybridized carbons (Fsp3) is 0.267. The molecule has 0 bridgehead atoms. The molecule has 1 atom stereocenters. The normalized spacial score (nSPS) is 13.2. The molecule has 0 saturated heterocycles. The van der Waals surface area contributed by atoms with Gasteiger partial charge in [0, 0.05) is 11.2 Å². The van der Waals surface area contributed by atoms with Gasteiger partial charge in [-0.05, 0) is 43.3 Å². The monoisotopic (exact) mass is 314 g/mol. The van der Waals surface area contributed by atoms with Crippen molar-refractivity contribution >= 4 is 11.6 Å². The second-order valence-electron chi connectivity index (χ2n) is 4.70. The van der Waals surface area contributed by atoms with Crippen molar-refractivity contribution in [2.45, 2.75) is 19.1 Å². The Morgan fingerprint density at radius 3 is 2.38 bits per heavy atom. The van der Waals surface area contributed by atoms with Gasteiger partial charge >= 0.3 is 6.18 Å². The van der Waals surface area contributed by atoms with Crippen LogP contribution in [-0.2, 0) is 6.18 Å². The van der Waals surface area contributed by atoms with Crippen LogP contribution in [0.5, 0.6) is 0 Å². The van der Waals surface area contributed by atoms with Crippen LogP contribution in [0.3, 0.4) is 0 Å². The van der Waals surface area contributed by atoms with Crippen LogP contribution in [0.2, 0.25) is 5.02 Å². The highest BCUT2D eigenvalue weighted by atomic mass is 35.5. The van der Waals surface area contributed by atoms with Crippen LogP contribution in [-0.4, -0.2) is 12.0 Å². The molecule has 1 heterocycles. The zero-order valence-electron chi connectivity index (χ0n) is 11.5. The van der Waals surface area contributed by atoms with Crippen molar-refractivity contribution in [3.05, 3.63) is 63.9 Å². The topological polar surface area (TPSA) is 24.9 Å². The molecule has 1 N–H and O–H groups in total. The lowest BCUT2D eigenvalue weighted by molar-refractivity contribution is -0.137. The molecule has 2 rings (SSSR count). The van der Waals surface area contributed by atoms with E-state index in [2.05, 4.69) is 10.3 Å². The van der Waals surface area contributed by atoms with Gasteiger partial charge in [-0.2, -0.15) is 13.2 Å². The number of hydrogen-bond donors (Lipinski definition) is 1. The molecule has 0 fully saturated rings. The zero-order valence-corrected chi connectivity index (χ0v) is 12.3. The van der Waals surface area contributed by atoms with Crippen LogP contribution in [0.15, 0.2) is 36.5 Å². The fourth-order valence-corrected chi connectivity index (χ4v) is 2.21. The predicted molar refractivity (Wildman–Crippen MR) is 76.3 cm³/mol. The van der Waals surface area contributed by atoms with E-state index in [1.54, 1.807) is 13.1 Å². The zero-order chi connectivity index (χ0) is 15.6. The van der Waals surface area contributed by atoms with Crippen LogP contribution in [0.25, 0.3) is 0 Å². The van der Waals surface area contributed by atoms with Crippen molar-refractivity contribution in [3.63, 3.8) is 0 Å². The van der Waals surface area contributed by atoms with Crippen molar-refractivity contribution in [1.82, 2.24) is 10.3 Å². The Balaban J connectivity index is 2.35. The molecule has 6 heteroatoms. The second kappa shape index (κ2) is 6.03. The number of rotatable bonds is 3. The van der Waals surface area contributed by atoms with Gasteiger partial charge in [0.05, 0.1) is 17.3 Å². The van der Waals surface area contributed by atoms with Gasteiger partial charge in [-0.3, -0.25) is 4.98 Å². The first kappa shape index (κ1) is 15.8. The lowest BCUT2D eigenvalue weighted by Gasteiger charge is -2.17. The van der Waals surface area contributed by atoms with Crippen molar-refractivity contribution in [3.8, 4) is 0 Å². The minimum Gasteiger partial charge on any atom is -0.308 e. The molecule has 0 radical (unpaired) electrons. The van der Waals surface area contributed by atoms with Crippen LogP contribution in [0, 0.1) is 6.92 Å². The third-order valence-corrected chi connectivity index (χ3v) is 3.63. The SMILES string of the molecule is CNC(c1ccc(C)c(Cl)c1)c1ccc(C(F)(F)F)cn1. The second-order valence-corrected chi connectivity index (χ2v) is 5.11. The molecule has 0 aliphatic carbocycles. The van der Waals surface area contributed by atoms with Gasteiger partial charge in [-0.15, -0.1) is 0 Å². The highest BCUT2D eigenvalue weighted by Crippen LogP contribution is 2.30. The predicted octanol–water partition coefficient (Wildman–Crippen LogP) is 4.37. The van der Waals surface area contributed by atoms with E-state index in [1.165, 1.54) is 6.07 Å². The van der Waals surface area contributed by atoms with Crippen LogP contribution in [0.1, 0.15) is 28.4 Å². The van der Waals surface area contributed by atoms with E-state index in [9.17, 15) is 13.2 Å². The van der Waals surface area contributed by atoms with E-state index in [1.807, 2.05) is 19.1 Å². The molecule has 112 valence electrons. The third-order valence-electron chi connectivity index (χ3n) is 3.23. The summed E-state index contributed by atoms with van der Waals surface area (Å²) in [5, 5.41) is 3.65. The van der Waals surface area contributed by atoms with E-state index >= 15 is 0 Å². The third kappa shape index (κ3) is 3.54. The summed E-state index contributed by atoms with van der Waals surface area (Å²) in [6.07, 6.45) is -3.54. The van der Waals surface area contributed by atoms with Gasteiger partial charge in [-0.1, -0.05) is 23.7 Å². The first-order valence-corrected chi connectivity index (χ1v) is 6.67. The Morgan fingerprint density at radius 1 is 1.19 bits per heavy atom. The van der Waals surface area contributed by atoms with Gasteiger partial charge in [0.1, 0.15) is 0 Å². The summed E-state index contributed by atoms with van der Waals surface area (Å²) in [4.78, 5) is 3.92. The first-order valence-electron chi connectivity index (χ1n) is 6.29. The van der Waals surface area contributed by atoms with Crippen molar-refractivity contribution in [1.29, 1.82) is 0 Å². The van der Waals surface area contributed by atoms with Gasteiger partial charge in [0.25, 0.3) is 0 Å². The number of benzene rings is 1. The highest BCUT2D eigenvalue weighted by molar-refractivity contribution is 6.31. The highest BCUT2D eigenvalue weighted by Gasteiger charge is 2.31. The largest absolute Gasteiger partial charge is 0.417 e. The van der Waals surface area contributed by atoms with Crippen LogP contribution < -0.4 is 5.32 Å². The number of aryl methyl sites for hydroxylation is 1. The molecule has 21 heavy (non-hydrogen) atoms. The van der Waals surface area contributed by atoms with E-state index in [-0.39, 0.29) is 6.04 Å². The number of nitrogens with zero attached hydrogens (tertiary/aromatic N) is 1. The molecule has 0 amide bonds. The minimum atomic E-state index is -4.38. The summed E-state index contributed by atoms with van der Waals surface area (Å²) in [6, 6.07) is 7.62. The lowest BCUT2D eigenvalue weighted by Crippen LogP contribution is -2.19. The Kier molecular flexibility index (Phi) is 4.54. The standard InChI is InChI=1S/C15H14ClF3N2/c1-9-3-4-10(7-12(9)16)14(20-2)13-6-5-11(8-21-13)15(17,18)19/h3-8,14,20H,1-2H3. The summed E-state index contributed by atoms with van der Waals surface area (Å²) in [5.74, 6) is 0. The molecular weight excluding hydrogens is 301 g/mol. The van der Waals surface area contributed by atoms with Crippen molar-refractivity contribution < 1.29 is 13.2 Å². The molecule has 0 saturated carbocycles. The first-order chi connectivity index (χ1) is 9.82. The number of nitrogens with one attached hydrogen (secondary N) is 1. The quantitative estimate of drug-likeness (QED) is 0.910. The smallest absolute Gasteiger partial charge is 0.308 e. The average Bonchev–Trinajstić information content (AvgIpc) is 2.43. The molecular formula is C15H14ClF3N2. The number of alkyl halides is 3. The molecule has 2 nitrogen and oxygen atoms in total. The Labute approximate surface area is 126 Å². The molecule has 2 aromatic rings. The molecule has 0 spiro atoms. The maximum Gasteiger partial charge on any atom is 0.417 e. The molecule has 0 aliphatic heterocycles. The molecule has 1 aromatic carbocycles.